The van der Waals surface area contributed by atoms with Gasteiger partial charge < -0.3 is 14.2 Å². The smallest absolute Gasteiger partial charge is 0.324 e. The molecule has 1 N–H and O–H groups in total. The quantitative estimate of drug-likeness (QED) is 0.458. The first-order valence-electron chi connectivity index (χ1n) is 11.7. The van der Waals surface area contributed by atoms with Crippen molar-refractivity contribution >= 4 is 29.5 Å². The largest absolute Gasteiger partial charge is 0.344 e. The third-order valence-electron chi connectivity index (χ3n) is 6.44. The van der Waals surface area contributed by atoms with E-state index < -0.39 is 0 Å². The number of imidazole rings is 1. The number of thioether (sulfide) groups is 2. The van der Waals surface area contributed by atoms with Crippen LogP contribution in [0, 0.1) is 12.8 Å². The van der Waals surface area contributed by atoms with Gasteiger partial charge in [-0.3, -0.25) is 5.43 Å². The van der Waals surface area contributed by atoms with Crippen molar-refractivity contribution in [3.8, 4) is 11.3 Å². The molecule has 3 aromatic heterocycles. The van der Waals surface area contributed by atoms with E-state index >= 15 is 0 Å². The minimum atomic E-state index is -0.146. The molecule has 0 radical (unpaired) electrons. The minimum absolute atomic E-state index is 0.135. The van der Waals surface area contributed by atoms with Crippen LogP contribution in [0.1, 0.15) is 51.0 Å². The molecular formula is C23H31N7O2S2. The number of ether oxygens (including phenoxy) is 1. The van der Waals surface area contributed by atoms with Crippen molar-refractivity contribution in [3.63, 3.8) is 0 Å². The summed E-state index contributed by atoms with van der Waals surface area (Å²) in [4.78, 5) is 16.2. The number of anilines is 1. The Hall–Kier alpha value is -2.24. The van der Waals surface area contributed by atoms with Crippen LogP contribution in [0.15, 0.2) is 33.0 Å². The summed E-state index contributed by atoms with van der Waals surface area (Å²) in [6, 6.07) is 4.77. The Balaban J connectivity index is 1.14. The van der Waals surface area contributed by atoms with Crippen LogP contribution < -0.4 is 10.3 Å². The first-order chi connectivity index (χ1) is 16.4. The number of aromatic nitrogens is 5. The van der Waals surface area contributed by atoms with E-state index in [1.54, 1.807) is 23.5 Å². The monoisotopic (exact) mass is 501 g/mol. The summed E-state index contributed by atoms with van der Waals surface area (Å²) < 4.78 is 13.8. The average molecular weight is 502 g/mol. The van der Waals surface area contributed by atoms with E-state index in [4.69, 9.17) is 14.2 Å². The fourth-order valence-corrected chi connectivity index (χ4v) is 5.73. The van der Waals surface area contributed by atoms with Gasteiger partial charge in [0.05, 0.1) is 23.0 Å². The number of nitrogens with zero attached hydrogens (tertiary/aromatic N) is 6. The highest BCUT2D eigenvalue weighted by Gasteiger charge is 2.32. The molecule has 2 atom stereocenters. The molecule has 3 aromatic rings. The number of pyridine rings is 1. The van der Waals surface area contributed by atoms with Crippen LogP contribution in [-0.2, 0) is 4.74 Å². The van der Waals surface area contributed by atoms with Gasteiger partial charge in [0.1, 0.15) is 0 Å². The van der Waals surface area contributed by atoms with Crippen LogP contribution in [-0.4, -0.2) is 55.8 Å². The van der Waals surface area contributed by atoms with Crippen LogP contribution in [0.3, 0.4) is 0 Å². The van der Waals surface area contributed by atoms with Gasteiger partial charge in [0.25, 0.3) is 0 Å². The van der Waals surface area contributed by atoms with Gasteiger partial charge in [0.2, 0.25) is 0 Å². The van der Waals surface area contributed by atoms with Gasteiger partial charge in [0.15, 0.2) is 16.5 Å². The lowest BCUT2D eigenvalue weighted by molar-refractivity contribution is 0.00940. The highest BCUT2D eigenvalue weighted by molar-refractivity contribution is 8.00. The molecule has 182 valence electrons. The number of rotatable bonds is 7. The van der Waals surface area contributed by atoms with Crippen molar-refractivity contribution in [2.24, 2.45) is 5.92 Å². The zero-order chi connectivity index (χ0) is 23.8. The predicted molar refractivity (Wildman–Crippen MR) is 135 cm³/mol. The first kappa shape index (κ1) is 23.5. The topological polar surface area (TPSA) is 94.1 Å². The minimum Gasteiger partial charge on any atom is -0.344 e. The number of aryl methyl sites for hydroxylation is 1. The van der Waals surface area contributed by atoms with Crippen molar-refractivity contribution in [2.75, 3.05) is 29.7 Å². The van der Waals surface area contributed by atoms with Gasteiger partial charge in [-0.1, -0.05) is 19.0 Å². The van der Waals surface area contributed by atoms with Crippen LogP contribution in [0.25, 0.3) is 11.3 Å². The maximum absolute atomic E-state index is 6.37. The molecular weight excluding hydrogens is 470 g/mol. The zero-order valence-corrected chi connectivity index (χ0v) is 21.8. The summed E-state index contributed by atoms with van der Waals surface area (Å²) in [5.74, 6) is 1.52. The van der Waals surface area contributed by atoms with Gasteiger partial charge >= 0.3 is 6.01 Å². The maximum Gasteiger partial charge on any atom is 0.324 e. The van der Waals surface area contributed by atoms with E-state index in [0.717, 1.165) is 58.9 Å². The molecule has 11 heteroatoms. The second-order valence-corrected chi connectivity index (χ2v) is 11.0. The molecule has 5 heterocycles. The molecule has 0 amide bonds. The molecule has 34 heavy (non-hydrogen) atoms. The molecule has 2 aliphatic rings. The van der Waals surface area contributed by atoms with Crippen LogP contribution >= 0.6 is 23.5 Å². The third kappa shape index (κ3) is 4.78. The lowest BCUT2D eigenvalue weighted by Crippen LogP contribution is -2.39. The number of piperidine rings is 1. The standard InChI is InChI=1S/C23H31N7O2S2/c1-13(2)20-26-21(32-28-20)29-10-8-16(9-11-29)15(4)31-23-27-30-12-18(25-22(30)34-23)17-6-7-19(33-5)24-14(17)3/h6-7,12-13,15-16,23,27H,8-11H2,1-5H3. The fraction of sp³-hybridized carbons (Fsp3) is 0.565. The first-order valence-corrected chi connectivity index (χ1v) is 13.8. The van der Waals surface area contributed by atoms with Gasteiger partial charge in [-0.05, 0) is 62.8 Å². The van der Waals surface area contributed by atoms with Crippen molar-refractivity contribution < 1.29 is 9.26 Å². The Labute approximate surface area is 208 Å². The molecule has 0 saturated carbocycles. The Bertz CT molecular complexity index is 1120. The number of hydrogen-bond donors (Lipinski definition) is 1. The fourth-order valence-electron chi connectivity index (χ4n) is 4.34. The summed E-state index contributed by atoms with van der Waals surface area (Å²) >= 11 is 3.26. The molecule has 0 spiro atoms. The molecule has 0 aromatic carbocycles. The summed E-state index contributed by atoms with van der Waals surface area (Å²) in [5.41, 5.74) is 6.23. The molecule has 0 aliphatic carbocycles. The summed E-state index contributed by atoms with van der Waals surface area (Å²) in [7, 11) is 0. The summed E-state index contributed by atoms with van der Waals surface area (Å²) in [6.45, 7) is 10.1. The van der Waals surface area contributed by atoms with Crippen LogP contribution in [0.2, 0.25) is 0 Å². The Morgan fingerprint density at radius 3 is 2.62 bits per heavy atom. The van der Waals surface area contributed by atoms with Crippen molar-refractivity contribution in [1.82, 2.24) is 24.8 Å². The van der Waals surface area contributed by atoms with E-state index in [1.807, 2.05) is 30.1 Å². The highest BCUT2D eigenvalue weighted by Crippen LogP contribution is 2.35. The maximum atomic E-state index is 6.37. The summed E-state index contributed by atoms with van der Waals surface area (Å²) in [6.07, 6.45) is 6.26. The second-order valence-electron chi connectivity index (χ2n) is 9.10. The Kier molecular flexibility index (Phi) is 6.76. The van der Waals surface area contributed by atoms with Crippen molar-refractivity contribution in [1.29, 1.82) is 0 Å². The van der Waals surface area contributed by atoms with Crippen LogP contribution in [0.4, 0.5) is 6.01 Å². The van der Waals surface area contributed by atoms with Gasteiger partial charge in [-0.15, -0.1) is 11.8 Å². The average Bonchev–Trinajstić information content (AvgIpc) is 3.54. The number of nitrogens with one attached hydrogen (secondary N) is 1. The zero-order valence-electron chi connectivity index (χ0n) is 20.2. The second kappa shape index (κ2) is 9.79. The molecule has 9 nitrogen and oxygen atoms in total. The van der Waals surface area contributed by atoms with Crippen molar-refractivity contribution in [3.05, 3.63) is 29.8 Å². The van der Waals surface area contributed by atoms with E-state index in [1.165, 1.54) is 0 Å². The third-order valence-corrected chi connectivity index (χ3v) is 8.01. The molecule has 5 rings (SSSR count). The lowest BCUT2D eigenvalue weighted by atomic mass is 9.92. The molecule has 2 aliphatic heterocycles. The number of fused-ring (bicyclic) bond motifs is 1. The lowest BCUT2D eigenvalue weighted by Gasteiger charge is -2.34. The molecule has 1 fully saturated rings. The molecule has 0 bridgehead atoms. The van der Waals surface area contributed by atoms with Gasteiger partial charge in [-0.2, -0.15) is 4.98 Å². The van der Waals surface area contributed by atoms with E-state index in [0.29, 0.717) is 11.9 Å². The van der Waals surface area contributed by atoms with Crippen LogP contribution in [0.5, 0.6) is 0 Å². The predicted octanol–water partition coefficient (Wildman–Crippen LogP) is 4.74. The summed E-state index contributed by atoms with van der Waals surface area (Å²) in [5, 5.41) is 6.02. The van der Waals surface area contributed by atoms with E-state index in [2.05, 4.69) is 52.3 Å². The van der Waals surface area contributed by atoms with Crippen molar-refractivity contribution in [2.45, 2.75) is 68.3 Å². The van der Waals surface area contributed by atoms with Gasteiger partial charge in [0, 0.05) is 30.3 Å². The SMILES string of the molecule is CSc1ccc(-c2cn3c(n2)SC(OC(C)C2CCN(c4nc(C(C)C)no4)CC2)N3)c(C)n1. The normalized spacial score (nSPS) is 19.5. The molecule has 2 unspecified atom stereocenters. The Morgan fingerprint density at radius 2 is 1.97 bits per heavy atom. The van der Waals surface area contributed by atoms with E-state index in [9.17, 15) is 0 Å². The van der Waals surface area contributed by atoms with Gasteiger partial charge in [-0.25, -0.2) is 14.6 Å². The molecule has 1 saturated heterocycles. The van der Waals surface area contributed by atoms with E-state index in [-0.39, 0.29) is 17.6 Å². The highest BCUT2D eigenvalue weighted by atomic mass is 32.2. The Morgan fingerprint density at radius 1 is 1.18 bits per heavy atom. The number of hydrogen-bond acceptors (Lipinski definition) is 10.